The summed E-state index contributed by atoms with van der Waals surface area (Å²) in [6.07, 6.45) is -8.81. The van der Waals surface area contributed by atoms with Gasteiger partial charge in [0.05, 0.1) is 0 Å². The molecule has 0 unspecified atom stereocenters. The largest absolute Gasteiger partial charge is 0.463 e. The molecule has 8 nitrogen and oxygen atoms in total. The SMILES string of the molecule is [2H]CC(=O)OC[C@@H](O)[C@H](OC(=O)C[2H])[C@H](F)[C@@H](OC(=O)C[2H])C(=O)Br. The van der Waals surface area contributed by atoms with Crippen molar-refractivity contribution >= 4 is 38.5 Å². The van der Waals surface area contributed by atoms with Crippen molar-refractivity contribution in [1.82, 2.24) is 0 Å². The van der Waals surface area contributed by atoms with Crippen molar-refractivity contribution in [3.8, 4) is 0 Å². The summed E-state index contributed by atoms with van der Waals surface area (Å²) in [6, 6.07) is 0. The lowest BCUT2D eigenvalue weighted by atomic mass is 10.0. The van der Waals surface area contributed by atoms with Gasteiger partial charge in [-0.15, -0.1) is 0 Å². The van der Waals surface area contributed by atoms with Gasteiger partial charge in [-0.25, -0.2) is 4.39 Å². The van der Waals surface area contributed by atoms with Gasteiger partial charge in [-0.2, -0.15) is 0 Å². The number of esters is 3. The zero-order valence-corrected chi connectivity index (χ0v) is 12.8. The Labute approximate surface area is 138 Å². The van der Waals surface area contributed by atoms with Gasteiger partial charge in [0.15, 0.2) is 12.3 Å². The fourth-order valence-corrected chi connectivity index (χ4v) is 1.68. The second-order valence-corrected chi connectivity index (χ2v) is 4.65. The topological polar surface area (TPSA) is 116 Å². The van der Waals surface area contributed by atoms with Crippen LogP contribution in [0.2, 0.25) is 0 Å². The molecule has 0 amide bonds. The highest BCUT2D eigenvalue weighted by Gasteiger charge is 2.42. The van der Waals surface area contributed by atoms with Crippen LogP contribution < -0.4 is 0 Å². The summed E-state index contributed by atoms with van der Waals surface area (Å²) in [5.74, 6) is -3.55. The van der Waals surface area contributed by atoms with E-state index in [1.54, 1.807) is 0 Å². The van der Waals surface area contributed by atoms with Crippen LogP contribution in [0.25, 0.3) is 0 Å². The maximum Gasteiger partial charge on any atom is 0.303 e. The van der Waals surface area contributed by atoms with Crippen molar-refractivity contribution in [2.75, 3.05) is 6.61 Å². The quantitative estimate of drug-likeness (QED) is 0.351. The van der Waals surface area contributed by atoms with E-state index in [4.69, 9.17) is 4.11 Å². The van der Waals surface area contributed by atoms with Crippen LogP contribution in [0, 0.1) is 0 Å². The minimum atomic E-state index is -2.58. The second-order valence-electron chi connectivity index (χ2n) is 3.86. The van der Waals surface area contributed by atoms with Crippen LogP contribution >= 0.6 is 15.9 Å². The van der Waals surface area contributed by atoms with Gasteiger partial charge in [0.25, 0.3) is 0 Å². The van der Waals surface area contributed by atoms with Gasteiger partial charge in [0.1, 0.15) is 12.7 Å². The van der Waals surface area contributed by atoms with E-state index < -0.39 is 74.4 Å². The Bertz CT molecular complexity index is 495. The van der Waals surface area contributed by atoms with Crippen molar-refractivity contribution in [2.24, 2.45) is 0 Å². The summed E-state index contributed by atoms with van der Waals surface area (Å²) < 4.78 is 47.2. The number of carbonyl (C=O) groups is 4. The third-order valence-corrected chi connectivity index (χ3v) is 2.60. The number of aliphatic hydroxyl groups is 1. The van der Waals surface area contributed by atoms with Crippen LogP contribution in [0.4, 0.5) is 4.39 Å². The molecule has 0 rings (SSSR count). The summed E-state index contributed by atoms with van der Waals surface area (Å²) in [4.78, 5) is 44.7. The van der Waals surface area contributed by atoms with Crippen LogP contribution in [0.3, 0.4) is 0 Å². The number of carbonyl (C=O) groups excluding carboxylic acids is 4. The molecular formula is C12H16BrFO8. The first-order valence-corrected chi connectivity index (χ1v) is 6.40. The van der Waals surface area contributed by atoms with Crippen LogP contribution in [-0.2, 0) is 33.4 Å². The lowest BCUT2D eigenvalue weighted by Crippen LogP contribution is -2.49. The Morgan fingerprint density at radius 2 is 1.68 bits per heavy atom. The normalized spacial score (nSPS) is 17.7. The molecule has 0 radical (unpaired) electrons. The van der Waals surface area contributed by atoms with Crippen molar-refractivity contribution in [2.45, 2.75) is 45.2 Å². The van der Waals surface area contributed by atoms with Gasteiger partial charge in [-0.3, -0.25) is 19.2 Å². The molecule has 0 aromatic carbocycles. The van der Waals surface area contributed by atoms with Crippen LogP contribution in [0.5, 0.6) is 0 Å². The van der Waals surface area contributed by atoms with Gasteiger partial charge in [0, 0.05) is 24.8 Å². The smallest absolute Gasteiger partial charge is 0.303 e. The molecule has 0 saturated heterocycles. The molecule has 0 aromatic rings. The minimum Gasteiger partial charge on any atom is -0.463 e. The number of alkyl halides is 1. The zero-order chi connectivity index (χ0) is 19.6. The molecule has 126 valence electrons. The first-order valence-electron chi connectivity index (χ1n) is 7.73. The molecule has 0 aliphatic rings. The van der Waals surface area contributed by atoms with Gasteiger partial charge in [-0.05, 0) is 15.9 Å². The highest BCUT2D eigenvalue weighted by molar-refractivity contribution is 9.18. The Balaban J connectivity index is 5.31. The number of rotatable bonds is 8. The molecule has 1 N–H and O–H groups in total. The summed E-state index contributed by atoms with van der Waals surface area (Å²) in [6.45, 7) is -3.48. The van der Waals surface area contributed by atoms with E-state index in [9.17, 15) is 28.7 Å². The summed E-state index contributed by atoms with van der Waals surface area (Å²) >= 11 is 2.39. The summed E-state index contributed by atoms with van der Waals surface area (Å²) in [7, 11) is 0. The number of halogens is 2. The van der Waals surface area contributed by atoms with Crippen molar-refractivity contribution in [3.05, 3.63) is 0 Å². The zero-order valence-electron chi connectivity index (χ0n) is 14.2. The fraction of sp³-hybridized carbons (Fsp3) is 0.667. The van der Waals surface area contributed by atoms with E-state index in [-0.39, 0.29) is 0 Å². The van der Waals surface area contributed by atoms with Crippen molar-refractivity contribution < 1.29 is 47.0 Å². The molecule has 0 spiro atoms. The molecule has 0 saturated carbocycles. The molecular weight excluding hydrogens is 371 g/mol. The molecule has 0 aliphatic carbocycles. The average Bonchev–Trinajstić information content (AvgIpc) is 2.60. The van der Waals surface area contributed by atoms with Crippen LogP contribution in [-0.4, -0.2) is 58.8 Å². The maximum absolute atomic E-state index is 14.6. The Morgan fingerprint density at radius 1 is 1.14 bits per heavy atom. The van der Waals surface area contributed by atoms with Crippen LogP contribution in [0.15, 0.2) is 0 Å². The predicted molar refractivity (Wildman–Crippen MR) is 72.6 cm³/mol. The van der Waals surface area contributed by atoms with Gasteiger partial charge in [-0.1, -0.05) is 0 Å². The third-order valence-electron chi connectivity index (χ3n) is 2.15. The predicted octanol–water partition coefficient (Wildman–Crippen LogP) is 0.0334. The first-order chi connectivity index (χ1) is 11.7. The standard InChI is InChI=1S/C12H16BrFO8/c1-5(15)20-4-8(18)10(21-6(2)16)9(14)11(12(13)19)22-7(3)17/h8-11,18H,4H2,1-3H3/t8-,9+,10+,11-/m1/s1/i1D,2D,3D. The van der Waals surface area contributed by atoms with E-state index in [1.807, 2.05) is 0 Å². The fourth-order valence-electron chi connectivity index (χ4n) is 1.33. The summed E-state index contributed by atoms with van der Waals surface area (Å²) in [5, 5.41) is 9.87. The van der Waals surface area contributed by atoms with Gasteiger partial charge in [0.2, 0.25) is 10.8 Å². The number of aliphatic hydroxyl groups excluding tert-OH is 1. The van der Waals surface area contributed by atoms with E-state index >= 15 is 0 Å². The molecule has 0 bridgehead atoms. The van der Waals surface area contributed by atoms with Crippen molar-refractivity contribution in [1.29, 1.82) is 0 Å². The molecule has 0 aromatic heterocycles. The summed E-state index contributed by atoms with van der Waals surface area (Å²) in [5.41, 5.74) is 0. The Kier molecular flexibility index (Phi) is 6.60. The first kappa shape index (κ1) is 15.3. The second kappa shape index (κ2) is 9.46. The third kappa shape index (κ3) is 7.46. The van der Waals surface area contributed by atoms with E-state index in [0.29, 0.717) is 0 Å². The van der Waals surface area contributed by atoms with E-state index in [0.717, 1.165) is 0 Å². The lowest BCUT2D eigenvalue weighted by molar-refractivity contribution is -0.175. The van der Waals surface area contributed by atoms with E-state index in [1.165, 1.54) is 0 Å². The average molecular weight is 390 g/mol. The number of ether oxygens (including phenoxy) is 3. The molecule has 0 fully saturated rings. The number of hydrogen-bond donors (Lipinski definition) is 1. The van der Waals surface area contributed by atoms with Crippen LogP contribution in [0.1, 0.15) is 24.8 Å². The van der Waals surface area contributed by atoms with E-state index in [2.05, 4.69) is 30.1 Å². The maximum atomic E-state index is 14.6. The Morgan fingerprint density at radius 3 is 2.18 bits per heavy atom. The monoisotopic (exact) mass is 389 g/mol. The molecule has 0 heterocycles. The minimum absolute atomic E-state index is 0.771. The highest BCUT2D eigenvalue weighted by Crippen LogP contribution is 2.19. The molecule has 0 aliphatic heterocycles. The molecule has 4 atom stereocenters. The van der Waals surface area contributed by atoms with Crippen molar-refractivity contribution in [3.63, 3.8) is 0 Å². The Hall–Kier alpha value is -1.55. The van der Waals surface area contributed by atoms with Gasteiger partial charge < -0.3 is 19.3 Å². The number of hydrogen-bond acceptors (Lipinski definition) is 8. The molecule has 22 heavy (non-hydrogen) atoms. The van der Waals surface area contributed by atoms with Gasteiger partial charge >= 0.3 is 17.9 Å². The molecule has 10 heteroatoms. The lowest BCUT2D eigenvalue weighted by Gasteiger charge is -2.28. The highest BCUT2D eigenvalue weighted by atomic mass is 79.9.